The van der Waals surface area contributed by atoms with Crippen molar-refractivity contribution in [3.05, 3.63) is 82.6 Å². The summed E-state index contributed by atoms with van der Waals surface area (Å²) in [4.78, 5) is 28.2. The number of carbonyl (C=O) groups is 2. The number of carbonyl (C=O) groups excluding carboxylic acids is 2. The van der Waals surface area contributed by atoms with Gasteiger partial charge in [0.05, 0.1) is 17.7 Å². The SMILES string of the molecule is COC(=O)COc1ccc(S(=O)(=O)Nc2ccc(Cl)cc2C(=O)c2ccnc(C)c2)cc1. The van der Waals surface area contributed by atoms with Crippen LogP contribution >= 0.6 is 11.6 Å². The van der Waals surface area contributed by atoms with E-state index < -0.39 is 21.8 Å². The number of methoxy groups -OCH3 is 1. The Morgan fingerprint density at radius 1 is 1.06 bits per heavy atom. The lowest BCUT2D eigenvalue weighted by atomic mass is 10.0. The Morgan fingerprint density at radius 2 is 1.78 bits per heavy atom. The van der Waals surface area contributed by atoms with E-state index in [-0.39, 0.29) is 27.8 Å². The summed E-state index contributed by atoms with van der Waals surface area (Å²) in [6.07, 6.45) is 1.50. The third-order valence-corrected chi connectivity index (χ3v) is 5.96. The number of nitrogens with one attached hydrogen (secondary N) is 1. The summed E-state index contributed by atoms with van der Waals surface area (Å²) >= 11 is 6.06. The van der Waals surface area contributed by atoms with Crippen LogP contribution < -0.4 is 9.46 Å². The van der Waals surface area contributed by atoms with Gasteiger partial charge >= 0.3 is 5.97 Å². The molecule has 0 aliphatic rings. The summed E-state index contributed by atoms with van der Waals surface area (Å²) in [5.41, 5.74) is 1.19. The minimum Gasteiger partial charge on any atom is -0.482 e. The highest BCUT2D eigenvalue weighted by Crippen LogP contribution is 2.27. The molecule has 1 heterocycles. The minimum atomic E-state index is -4.03. The van der Waals surface area contributed by atoms with Crippen molar-refractivity contribution >= 4 is 39.1 Å². The highest BCUT2D eigenvalue weighted by atomic mass is 35.5. The fraction of sp³-hybridized carbons (Fsp3) is 0.136. The number of sulfonamides is 1. The quantitative estimate of drug-likeness (QED) is 0.392. The van der Waals surface area contributed by atoms with Crippen LogP contribution in [0.1, 0.15) is 21.6 Å². The molecule has 8 nitrogen and oxygen atoms in total. The molecule has 3 aromatic rings. The van der Waals surface area contributed by atoms with Crippen LogP contribution in [-0.2, 0) is 19.6 Å². The van der Waals surface area contributed by atoms with E-state index in [0.29, 0.717) is 17.0 Å². The predicted molar refractivity (Wildman–Crippen MR) is 119 cm³/mol. The van der Waals surface area contributed by atoms with Crippen molar-refractivity contribution in [3.63, 3.8) is 0 Å². The van der Waals surface area contributed by atoms with Gasteiger partial charge in [0.25, 0.3) is 10.0 Å². The first-order valence-corrected chi connectivity index (χ1v) is 11.1. The molecule has 0 amide bonds. The molecule has 0 bridgehead atoms. The molecule has 166 valence electrons. The molecular formula is C22H19ClN2O6S. The normalized spacial score (nSPS) is 11.0. The topological polar surface area (TPSA) is 112 Å². The monoisotopic (exact) mass is 474 g/mol. The maximum atomic E-state index is 13.0. The van der Waals surface area contributed by atoms with Gasteiger partial charge in [-0.2, -0.15) is 0 Å². The first kappa shape index (κ1) is 23.2. The Bertz CT molecular complexity index is 1260. The summed E-state index contributed by atoms with van der Waals surface area (Å²) < 4.78 is 37.9. The molecule has 0 saturated heterocycles. The van der Waals surface area contributed by atoms with Gasteiger partial charge in [0, 0.05) is 28.0 Å². The van der Waals surface area contributed by atoms with Gasteiger partial charge in [0.2, 0.25) is 0 Å². The molecule has 0 saturated carbocycles. The highest BCUT2D eigenvalue weighted by Gasteiger charge is 2.20. The molecule has 0 aliphatic carbocycles. The van der Waals surface area contributed by atoms with Crippen LogP contribution in [0.3, 0.4) is 0 Å². The average Bonchev–Trinajstić information content (AvgIpc) is 2.78. The largest absolute Gasteiger partial charge is 0.482 e. The van der Waals surface area contributed by atoms with Gasteiger partial charge in [-0.15, -0.1) is 0 Å². The number of aryl methyl sites for hydroxylation is 1. The van der Waals surface area contributed by atoms with Crippen LogP contribution in [-0.4, -0.2) is 38.9 Å². The Hall–Kier alpha value is -3.43. The smallest absolute Gasteiger partial charge is 0.343 e. The van der Waals surface area contributed by atoms with E-state index in [4.69, 9.17) is 16.3 Å². The Morgan fingerprint density at radius 3 is 2.44 bits per heavy atom. The number of hydrogen-bond donors (Lipinski definition) is 1. The Balaban J connectivity index is 1.86. The number of ketones is 1. The lowest BCUT2D eigenvalue weighted by Gasteiger charge is -2.13. The van der Waals surface area contributed by atoms with E-state index >= 15 is 0 Å². The van der Waals surface area contributed by atoms with E-state index in [1.165, 1.54) is 55.8 Å². The number of aromatic nitrogens is 1. The predicted octanol–water partition coefficient (Wildman–Crippen LogP) is 3.63. The number of esters is 1. The van der Waals surface area contributed by atoms with Gasteiger partial charge < -0.3 is 9.47 Å². The second-order valence-corrected chi connectivity index (χ2v) is 8.77. The van der Waals surface area contributed by atoms with Crippen LogP contribution in [0.2, 0.25) is 5.02 Å². The van der Waals surface area contributed by atoms with Crippen LogP contribution in [0.4, 0.5) is 5.69 Å². The summed E-state index contributed by atoms with van der Waals surface area (Å²) in [6, 6.07) is 12.9. The van der Waals surface area contributed by atoms with Gasteiger partial charge in [-0.25, -0.2) is 13.2 Å². The maximum Gasteiger partial charge on any atom is 0.343 e. The summed E-state index contributed by atoms with van der Waals surface area (Å²) in [5.74, 6) is -0.667. The first-order valence-electron chi connectivity index (χ1n) is 9.29. The van der Waals surface area contributed by atoms with Gasteiger partial charge in [-0.05, 0) is 61.5 Å². The zero-order chi connectivity index (χ0) is 23.3. The number of nitrogens with zero attached hydrogens (tertiary/aromatic N) is 1. The van der Waals surface area contributed by atoms with Crippen LogP contribution in [0, 0.1) is 6.92 Å². The summed E-state index contributed by atoms with van der Waals surface area (Å²) in [6.45, 7) is 1.45. The number of hydrogen-bond acceptors (Lipinski definition) is 7. The molecule has 0 fully saturated rings. The van der Waals surface area contributed by atoms with E-state index in [2.05, 4.69) is 14.4 Å². The van der Waals surface area contributed by atoms with Gasteiger partial charge in [0.1, 0.15) is 5.75 Å². The van der Waals surface area contributed by atoms with Crippen molar-refractivity contribution in [1.29, 1.82) is 0 Å². The molecule has 0 atom stereocenters. The van der Waals surface area contributed by atoms with Crippen LogP contribution in [0.5, 0.6) is 5.75 Å². The van der Waals surface area contributed by atoms with Crippen molar-refractivity contribution in [1.82, 2.24) is 4.98 Å². The van der Waals surface area contributed by atoms with Gasteiger partial charge in [-0.3, -0.25) is 14.5 Å². The number of anilines is 1. The lowest BCUT2D eigenvalue weighted by Crippen LogP contribution is -2.16. The van der Waals surface area contributed by atoms with E-state index in [9.17, 15) is 18.0 Å². The summed E-state index contributed by atoms with van der Waals surface area (Å²) in [5, 5.41) is 0.286. The van der Waals surface area contributed by atoms with Crippen molar-refractivity contribution < 1.29 is 27.5 Å². The van der Waals surface area contributed by atoms with E-state index in [0.717, 1.165) is 0 Å². The minimum absolute atomic E-state index is 0.0592. The van der Waals surface area contributed by atoms with Gasteiger partial charge in [-0.1, -0.05) is 11.6 Å². The highest BCUT2D eigenvalue weighted by molar-refractivity contribution is 7.92. The average molecular weight is 475 g/mol. The van der Waals surface area contributed by atoms with Crippen molar-refractivity contribution in [2.75, 3.05) is 18.4 Å². The molecule has 0 unspecified atom stereocenters. The fourth-order valence-electron chi connectivity index (χ4n) is 2.76. The zero-order valence-electron chi connectivity index (χ0n) is 17.2. The Kier molecular flexibility index (Phi) is 7.12. The van der Waals surface area contributed by atoms with E-state index in [1.807, 2.05) is 0 Å². The summed E-state index contributed by atoms with van der Waals surface area (Å²) in [7, 11) is -2.80. The number of ether oxygens (including phenoxy) is 2. The molecule has 1 N–H and O–H groups in total. The maximum absolute atomic E-state index is 13.0. The molecule has 1 aromatic heterocycles. The van der Waals surface area contributed by atoms with Gasteiger partial charge in [0.15, 0.2) is 12.4 Å². The molecule has 0 radical (unpaired) electrons. The lowest BCUT2D eigenvalue weighted by molar-refractivity contribution is -0.142. The van der Waals surface area contributed by atoms with Crippen molar-refractivity contribution in [3.8, 4) is 5.75 Å². The zero-order valence-corrected chi connectivity index (χ0v) is 18.7. The molecule has 2 aromatic carbocycles. The molecule has 0 aliphatic heterocycles. The van der Waals surface area contributed by atoms with E-state index in [1.54, 1.807) is 19.1 Å². The second-order valence-electron chi connectivity index (χ2n) is 6.65. The number of benzene rings is 2. The molecular weight excluding hydrogens is 456 g/mol. The third kappa shape index (κ3) is 5.63. The molecule has 10 heteroatoms. The number of halogens is 1. The molecule has 0 spiro atoms. The second kappa shape index (κ2) is 9.80. The number of rotatable bonds is 8. The number of pyridine rings is 1. The molecule has 3 rings (SSSR count). The van der Waals surface area contributed by atoms with Crippen LogP contribution in [0.15, 0.2) is 65.7 Å². The van der Waals surface area contributed by atoms with Crippen LogP contribution in [0.25, 0.3) is 0 Å². The first-order chi connectivity index (χ1) is 15.2. The molecule has 32 heavy (non-hydrogen) atoms. The van der Waals surface area contributed by atoms with Crippen molar-refractivity contribution in [2.24, 2.45) is 0 Å². The Labute approximate surface area is 190 Å². The fourth-order valence-corrected chi connectivity index (χ4v) is 4.01. The standard InChI is InChI=1S/C22H19ClN2O6S/c1-14-11-15(9-10-24-14)22(27)19-12-16(23)3-8-20(19)25-32(28,29)18-6-4-17(5-7-18)31-13-21(26)30-2/h3-12,25H,13H2,1-2H3. The third-order valence-electron chi connectivity index (χ3n) is 4.35. The van der Waals surface area contributed by atoms with Crippen molar-refractivity contribution in [2.45, 2.75) is 11.8 Å².